The number of carbonyl (C=O) groups excluding carboxylic acids is 3. The maximum Gasteiger partial charge on any atom is 0.357 e. The molecule has 1 saturated heterocycles. The monoisotopic (exact) mass is 643 g/mol. The fourth-order valence-corrected chi connectivity index (χ4v) is 7.88. The van der Waals surface area contributed by atoms with Crippen LogP contribution in [0.1, 0.15) is 5.69 Å². The van der Waals surface area contributed by atoms with Crippen molar-refractivity contribution in [1.29, 1.82) is 0 Å². The number of hydrogen-bond donors (Lipinski definition) is 2. The number of carbonyl (C=O) groups is 3. The Morgan fingerprint density at radius 1 is 1.35 bits per heavy atom. The van der Waals surface area contributed by atoms with E-state index in [-0.39, 0.29) is 29.0 Å². The number of nitrogen functional groups attached to an aromatic ring is 1. The Labute approximate surface area is 248 Å². The fourth-order valence-electron chi connectivity index (χ4n) is 3.67. The van der Waals surface area contributed by atoms with Gasteiger partial charge in [-0.1, -0.05) is 29.3 Å². The Balaban J connectivity index is 1.47. The number of anilines is 1. The number of nitrogens with one attached hydrogen (secondary N) is 1. The maximum atomic E-state index is 13.3. The molecule has 2 aliphatic heterocycles. The van der Waals surface area contributed by atoms with E-state index >= 15 is 0 Å². The van der Waals surface area contributed by atoms with Crippen LogP contribution in [0, 0.1) is 0 Å². The lowest BCUT2D eigenvalue weighted by Gasteiger charge is -2.49. The molecule has 0 radical (unpaired) electrons. The Hall–Kier alpha value is -2.51. The molecular weight excluding hydrogens is 615 g/mol. The summed E-state index contributed by atoms with van der Waals surface area (Å²) >= 11 is 5.31. The van der Waals surface area contributed by atoms with Crippen molar-refractivity contribution in [1.82, 2.24) is 24.8 Å². The largest absolute Gasteiger partial charge is 0.434 e. The zero-order valence-electron chi connectivity index (χ0n) is 22.2. The normalized spacial score (nSPS) is 19.2. The summed E-state index contributed by atoms with van der Waals surface area (Å²) in [4.78, 5) is 49.9. The van der Waals surface area contributed by atoms with Gasteiger partial charge in [0.2, 0.25) is 0 Å². The van der Waals surface area contributed by atoms with Crippen LogP contribution in [-0.4, -0.2) is 94.5 Å². The third kappa shape index (κ3) is 7.41. The molecule has 0 spiro atoms. The molecule has 13 nitrogen and oxygen atoms in total. The molecule has 2 aromatic heterocycles. The van der Waals surface area contributed by atoms with E-state index in [1.807, 2.05) is 0 Å². The van der Waals surface area contributed by atoms with E-state index in [0.717, 1.165) is 27.2 Å². The summed E-state index contributed by atoms with van der Waals surface area (Å²) in [5.41, 5.74) is 6.74. The average molecular weight is 644 g/mol. The van der Waals surface area contributed by atoms with Crippen molar-refractivity contribution in [2.24, 2.45) is 5.16 Å². The number of aromatic nitrogens is 3. The van der Waals surface area contributed by atoms with Crippen LogP contribution in [0.25, 0.3) is 0 Å². The van der Waals surface area contributed by atoms with Gasteiger partial charge in [-0.2, -0.15) is 0 Å². The van der Waals surface area contributed by atoms with Crippen molar-refractivity contribution in [2.45, 2.75) is 41.3 Å². The van der Waals surface area contributed by atoms with E-state index in [4.69, 9.17) is 20.0 Å². The number of rotatable bonds is 13. The second kappa shape index (κ2) is 13.4. The van der Waals surface area contributed by atoms with E-state index in [0.29, 0.717) is 18.1 Å². The number of thioether (sulfide) groups is 2. The van der Waals surface area contributed by atoms with E-state index in [2.05, 4.69) is 44.7 Å². The van der Waals surface area contributed by atoms with Gasteiger partial charge in [0, 0.05) is 31.6 Å². The SMILES string of the molecule is CO/N=C(\C(=O)N[C@@H]1C(=O)N2C(C(=O)OCOCC[Si](C)(C)C)=C(CSc3cnns3)CS[C@@H]12)c1csc(N)n1. The number of thiazole rings is 1. The molecule has 40 heavy (non-hydrogen) atoms. The molecule has 0 aromatic carbocycles. The zero-order valence-corrected chi connectivity index (χ0v) is 26.5. The summed E-state index contributed by atoms with van der Waals surface area (Å²) in [5, 5.41) is 11.6. The van der Waals surface area contributed by atoms with Crippen molar-refractivity contribution in [3.63, 3.8) is 0 Å². The molecule has 216 valence electrons. The lowest BCUT2D eigenvalue weighted by molar-refractivity contribution is -0.159. The molecule has 0 aliphatic carbocycles. The first kappa shape index (κ1) is 30.4. The van der Waals surface area contributed by atoms with E-state index in [1.54, 1.807) is 11.6 Å². The lowest BCUT2D eigenvalue weighted by atomic mass is 10.0. The van der Waals surface area contributed by atoms with Gasteiger partial charge >= 0.3 is 5.97 Å². The predicted octanol–water partition coefficient (Wildman–Crippen LogP) is 2.23. The van der Waals surface area contributed by atoms with Crippen molar-refractivity contribution < 1.29 is 28.7 Å². The minimum absolute atomic E-state index is 0.108. The van der Waals surface area contributed by atoms with Gasteiger partial charge in [0.25, 0.3) is 11.8 Å². The Kier molecular flexibility index (Phi) is 10.2. The number of esters is 1. The summed E-state index contributed by atoms with van der Waals surface area (Å²) in [6.07, 6.45) is 1.65. The molecule has 2 atom stereocenters. The topological polar surface area (TPSA) is 171 Å². The summed E-state index contributed by atoms with van der Waals surface area (Å²) in [5.74, 6) is -0.819. The highest BCUT2D eigenvalue weighted by Crippen LogP contribution is 2.42. The first-order chi connectivity index (χ1) is 19.1. The van der Waals surface area contributed by atoms with Gasteiger partial charge in [0.1, 0.15) is 34.1 Å². The van der Waals surface area contributed by atoms with Crippen LogP contribution >= 0.6 is 46.4 Å². The average Bonchev–Trinajstić information content (AvgIpc) is 3.59. The molecule has 2 aromatic rings. The molecule has 1 fully saturated rings. The summed E-state index contributed by atoms with van der Waals surface area (Å²) in [6.45, 7) is 6.98. The van der Waals surface area contributed by atoms with Crippen LogP contribution in [0.5, 0.6) is 0 Å². The molecule has 0 unspecified atom stereocenters. The molecule has 2 amide bonds. The Morgan fingerprint density at radius 3 is 2.80 bits per heavy atom. The highest BCUT2D eigenvalue weighted by molar-refractivity contribution is 8.01. The van der Waals surface area contributed by atoms with Gasteiger partial charge in [-0.15, -0.1) is 40.0 Å². The number of oxime groups is 1. The fraction of sp³-hybridized carbons (Fsp3) is 0.500. The third-order valence-corrected chi connectivity index (χ3v) is 11.3. The van der Waals surface area contributed by atoms with Crippen molar-refractivity contribution >= 4 is 83.1 Å². The highest BCUT2D eigenvalue weighted by atomic mass is 32.2. The van der Waals surface area contributed by atoms with Crippen LogP contribution < -0.4 is 11.1 Å². The Morgan fingerprint density at radius 2 is 2.15 bits per heavy atom. The van der Waals surface area contributed by atoms with Gasteiger partial charge < -0.3 is 25.4 Å². The van der Waals surface area contributed by atoms with E-state index in [9.17, 15) is 14.4 Å². The number of hydrogen-bond acceptors (Lipinski definition) is 15. The van der Waals surface area contributed by atoms with Gasteiger partial charge in [-0.3, -0.25) is 14.5 Å². The quantitative estimate of drug-likeness (QED) is 0.0477. The maximum absolute atomic E-state index is 13.3. The van der Waals surface area contributed by atoms with E-state index in [1.165, 1.54) is 47.1 Å². The summed E-state index contributed by atoms with van der Waals surface area (Å²) in [7, 11) is 0.00808. The van der Waals surface area contributed by atoms with Crippen LogP contribution in [0.15, 0.2) is 32.2 Å². The van der Waals surface area contributed by atoms with Gasteiger partial charge in [0.15, 0.2) is 17.6 Å². The number of fused-ring (bicyclic) bond motifs is 1. The second-order valence-electron chi connectivity index (χ2n) is 9.80. The number of ether oxygens (including phenoxy) is 2. The minimum Gasteiger partial charge on any atom is -0.434 e. The van der Waals surface area contributed by atoms with Gasteiger partial charge in [-0.05, 0) is 23.1 Å². The third-order valence-electron chi connectivity index (χ3n) is 5.69. The van der Waals surface area contributed by atoms with Gasteiger partial charge in [0.05, 0.1) is 6.20 Å². The van der Waals surface area contributed by atoms with E-state index < -0.39 is 37.3 Å². The van der Waals surface area contributed by atoms with Crippen LogP contribution in [0.2, 0.25) is 25.7 Å². The molecule has 0 saturated carbocycles. The number of amides is 2. The molecule has 0 bridgehead atoms. The van der Waals surface area contributed by atoms with Gasteiger partial charge in [-0.25, -0.2) is 9.78 Å². The van der Waals surface area contributed by atoms with Crippen LogP contribution in [0.4, 0.5) is 5.13 Å². The molecular formula is C22H29N7O6S4Si. The van der Waals surface area contributed by atoms with Crippen molar-refractivity contribution in [3.8, 4) is 0 Å². The smallest absolute Gasteiger partial charge is 0.357 e. The molecule has 4 rings (SSSR count). The van der Waals surface area contributed by atoms with Crippen LogP contribution in [0.3, 0.4) is 0 Å². The zero-order chi connectivity index (χ0) is 28.9. The number of nitrogens with zero attached hydrogens (tertiary/aromatic N) is 5. The lowest BCUT2D eigenvalue weighted by Crippen LogP contribution is -2.71. The standard InChI is InChI=1S/C22H29N7O6S4Si/c1-33-27-15(13-10-38-22(23)25-13)18(30)26-16-19(31)29-17(21(32)35-11-34-5-6-40(2,3)4)12(9-37-20(16)29)8-36-14-7-24-28-39-14/h7,10,16,20H,5-6,8-9,11H2,1-4H3,(H2,23,25)(H,26,30)/b27-15-/t16-,20+/m1/s1. The first-order valence-electron chi connectivity index (χ1n) is 12.0. The first-order valence-corrected chi connectivity index (χ1v) is 19.4. The summed E-state index contributed by atoms with van der Waals surface area (Å²) in [6, 6.07) is 0.0520. The highest BCUT2D eigenvalue weighted by Gasteiger charge is 2.54. The predicted molar refractivity (Wildman–Crippen MR) is 158 cm³/mol. The van der Waals surface area contributed by atoms with Crippen molar-refractivity contribution in [3.05, 3.63) is 28.5 Å². The molecule has 18 heteroatoms. The number of β-lactam (4-membered cyclic amide) rings is 1. The molecule has 4 heterocycles. The molecule has 2 aliphatic rings. The second-order valence-corrected chi connectivity index (χ2v) is 19.5. The molecule has 3 N–H and O–H groups in total. The minimum atomic E-state index is -1.29. The summed E-state index contributed by atoms with van der Waals surface area (Å²) < 4.78 is 15.7. The van der Waals surface area contributed by atoms with Crippen molar-refractivity contribution in [2.75, 3.05) is 37.7 Å². The Bertz CT molecular complexity index is 1300. The van der Waals surface area contributed by atoms with Crippen LogP contribution in [-0.2, 0) is 28.7 Å². The number of nitrogens with two attached hydrogens (primary N) is 1.